The Morgan fingerprint density at radius 3 is 2.82 bits per heavy atom. The average molecular weight is 229 g/mol. The minimum Gasteiger partial charge on any atom is -0.454 e. The van der Waals surface area contributed by atoms with E-state index in [1.54, 1.807) is 0 Å². The zero-order valence-corrected chi connectivity index (χ0v) is 8.72. The monoisotopic (exact) mass is 229 g/mol. The number of aromatic nitrogens is 1. The summed E-state index contributed by atoms with van der Waals surface area (Å²) in [7, 11) is 0. The highest BCUT2D eigenvalue weighted by Crippen LogP contribution is 2.25. The number of hydrogen-bond acceptors (Lipinski definition) is 4. The van der Waals surface area contributed by atoms with Crippen molar-refractivity contribution in [2.75, 3.05) is 5.73 Å². The fraction of sp³-hybridized carbons (Fsp3) is 0. The summed E-state index contributed by atoms with van der Waals surface area (Å²) in [4.78, 5) is 3.78. The van der Waals surface area contributed by atoms with Crippen molar-refractivity contribution in [3.8, 4) is 17.6 Å². The van der Waals surface area contributed by atoms with Crippen LogP contribution in [0.2, 0.25) is 0 Å². The van der Waals surface area contributed by atoms with Crippen LogP contribution < -0.4 is 10.5 Å². The first-order valence-corrected chi connectivity index (χ1v) is 4.78. The van der Waals surface area contributed by atoms with Gasteiger partial charge in [0.2, 0.25) is 0 Å². The zero-order valence-electron chi connectivity index (χ0n) is 8.72. The van der Waals surface area contributed by atoms with Gasteiger partial charge in [-0.05, 0) is 18.2 Å². The lowest BCUT2D eigenvalue weighted by atomic mass is 10.3. The number of benzene rings is 1. The van der Waals surface area contributed by atoms with Gasteiger partial charge in [-0.3, -0.25) is 0 Å². The normalized spacial score (nSPS) is 9.65. The molecule has 0 atom stereocenters. The highest BCUT2D eigenvalue weighted by atomic mass is 19.1. The number of hydrogen-bond donors (Lipinski definition) is 1. The molecule has 1 aromatic heterocycles. The van der Waals surface area contributed by atoms with E-state index >= 15 is 0 Å². The standard InChI is InChI=1S/C12H8FN3O/c13-11-5-8(15)1-2-12(11)17-10-3-4-16-9(6-10)7-14/h1-6H,15H2. The Morgan fingerprint density at radius 1 is 1.29 bits per heavy atom. The molecule has 84 valence electrons. The molecule has 5 heteroatoms. The lowest BCUT2D eigenvalue weighted by Crippen LogP contribution is -1.92. The van der Waals surface area contributed by atoms with E-state index in [0.717, 1.165) is 0 Å². The second kappa shape index (κ2) is 4.49. The van der Waals surface area contributed by atoms with Gasteiger partial charge in [-0.25, -0.2) is 9.37 Å². The van der Waals surface area contributed by atoms with Crippen LogP contribution >= 0.6 is 0 Å². The molecule has 0 bridgehead atoms. The lowest BCUT2D eigenvalue weighted by molar-refractivity contribution is 0.442. The van der Waals surface area contributed by atoms with Gasteiger partial charge in [0.15, 0.2) is 11.6 Å². The summed E-state index contributed by atoms with van der Waals surface area (Å²) >= 11 is 0. The summed E-state index contributed by atoms with van der Waals surface area (Å²) in [6.45, 7) is 0. The van der Waals surface area contributed by atoms with Crippen LogP contribution in [0.4, 0.5) is 10.1 Å². The maximum absolute atomic E-state index is 13.4. The third kappa shape index (κ3) is 2.49. The van der Waals surface area contributed by atoms with Gasteiger partial charge in [-0.2, -0.15) is 5.26 Å². The molecule has 0 saturated heterocycles. The molecule has 0 aliphatic heterocycles. The van der Waals surface area contributed by atoms with Gasteiger partial charge in [-0.1, -0.05) is 0 Å². The van der Waals surface area contributed by atoms with E-state index in [4.69, 9.17) is 15.7 Å². The van der Waals surface area contributed by atoms with Crippen molar-refractivity contribution in [3.05, 3.63) is 48.0 Å². The summed E-state index contributed by atoms with van der Waals surface area (Å²) < 4.78 is 18.7. The van der Waals surface area contributed by atoms with E-state index in [0.29, 0.717) is 11.4 Å². The van der Waals surface area contributed by atoms with Gasteiger partial charge in [0.25, 0.3) is 0 Å². The number of nitriles is 1. The molecule has 0 spiro atoms. The Morgan fingerprint density at radius 2 is 2.12 bits per heavy atom. The summed E-state index contributed by atoms with van der Waals surface area (Å²) in [5.74, 6) is -0.158. The molecule has 17 heavy (non-hydrogen) atoms. The fourth-order valence-electron chi connectivity index (χ4n) is 1.26. The SMILES string of the molecule is N#Cc1cc(Oc2ccc(N)cc2F)ccn1. The van der Waals surface area contributed by atoms with Gasteiger partial charge in [0, 0.05) is 24.0 Å². The number of anilines is 1. The van der Waals surface area contributed by atoms with Gasteiger partial charge in [0.05, 0.1) is 0 Å². The van der Waals surface area contributed by atoms with E-state index in [9.17, 15) is 4.39 Å². The van der Waals surface area contributed by atoms with Gasteiger partial charge in [0.1, 0.15) is 17.5 Å². The van der Waals surface area contributed by atoms with Crippen LogP contribution in [0.5, 0.6) is 11.5 Å². The molecule has 2 rings (SSSR count). The second-order valence-corrected chi connectivity index (χ2v) is 3.28. The van der Waals surface area contributed by atoms with Crippen molar-refractivity contribution in [1.82, 2.24) is 4.98 Å². The molecular formula is C12H8FN3O. The Kier molecular flexibility index (Phi) is 2.88. The Hall–Kier alpha value is -2.61. The topological polar surface area (TPSA) is 71.9 Å². The molecule has 0 unspecified atom stereocenters. The van der Waals surface area contributed by atoms with Crippen LogP contribution in [0.3, 0.4) is 0 Å². The summed E-state index contributed by atoms with van der Waals surface area (Å²) in [6.07, 6.45) is 1.42. The number of pyridine rings is 1. The molecule has 0 aliphatic rings. The molecular weight excluding hydrogens is 221 g/mol. The average Bonchev–Trinajstić information content (AvgIpc) is 2.33. The summed E-state index contributed by atoms with van der Waals surface area (Å²) in [5, 5.41) is 8.66. The van der Waals surface area contributed by atoms with Crippen molar-refractivity contribution >= 4 is 5.69 Å². The van der Waals surface area contributed by atoms with Crippen molar-refractivity contribution in [3.63, 3.8) is 0 Å². The molecule has 0 saturated carbocycles. The van der Waals surface area contributed by atoms with Crippen molar-refractivity contribution in [2.45, 2.75) is 0 Å². The Labute approximate surface area is 97.1 Å². The van der Waals surface area contributed by atoms with E-state index < -0.39 is 5.82 Å². The highest BCUT2D eigenvalue weighted by molar-refractivity contribution is 5.44. The van der Waals surface area contributed by atoms with Crippen LogP contribution in [-0.4, -0.2) is 4.98 Å². The van der Waals surface area contributed by atoms with E-state index in [2.05, 4.69) is 4.98 Å². The summed E-state index contributed by atoms with van der Waals surface area (Å²) in [5.41, 5.74) is 5.95. The summed E-state index contributed by atoms with van der Waals surface area (Å²) in [6, 6.07) is 8.97. The van der Waals surface area contributed by atoms with Crippen LogP contribution in [-0.2, 0) is 0 Å². The molecule has 0 fully saturated rings. The third-order valence-electron chi connectivity index (χ3n) is 2.03. The van der Waals surface area contributed by atoms with Crippen molar-refractivity contribution in [1.29, 1.82) is 5.26 Å². The van der Waals surface area contributed by atoms with Crippen molar-refractivity contribution in [2.24, 2.45) is 0 Å². The predicted molar refractivity (Wildman–Crippen MR) is 59.8 cm³/mol. The van der Waals surface area contributed by atoms with Crippen LogP contribution in [0.25, 0.3) is 0 Å². The molecule has 2 aromatic rings. The van der Waals surface area contributed by atoms with Crippen LogP contribution in [0, 0.1) is 17.1 Å². The first kappa shape index (κ1) is 10.9. The number of halogens is 1. The molecule has 4 nitrogen and oxygen atoms in total. The maximum atomic E-state index is 13.4. The number of rotatable bonds is 2. The van der Waals surface area contributed by atoms with Gasteiger partial charge >= 0.3 is 0 Å². The molecule has 2 N–H and O–H groups in total. The number of ether oxygens (including phenoxy) is 1. The zero-order chi connectivity index (χ0) is 12.3. The first-order valence-electron chi connectivity index (χ1n) is 4.78. The minimum atomic E-state index is -0.555. The Bertz CT molecular complexity index is 593. The van der Waals surface area contributed by atoms with Crippen LogP contribution in [0.15, 0.2) is 36.5 Å². The molecule has 1 heterocycles. The second-order valence-electron chi connectivity index (χ2n) is 3.28. The van der Waals surface area contributed by atoms with Crippen molar-refractivity contribution < 1.29 is 9.13 Å². The van der Waals surface area contributed by atoms with Gasteiger partial charge < -0.3 is 10.5 Å². The van der Waals surface area contributed by atoms with E-state index in [-0.39, 0.29) is 11.4 Å². The number of nitrogens with zero attached hydrogens (tertiary/aromatic N) is 2. The molecule has 0 aliphatic carbocycles. The smallest absolute Gasteiger partial charge is 0.167 e. The quantitative estimate of drug-likeness (QED) is 0.803. The highest BCUT2D eigenvalue weighted by Gasteiger charge is 2.05. The lowest BCUT2D eigenvalue weighted by Gasteiger charge is -2.06. The fourth-order valence-corrected chi connectivity index (χ4v) is 1.26. The van der Waals surface area contributed by atoms with Crippen LogP contribution in [0.1, 0.15) is 5.69 Å². The minimum absolute atomic E-state index is 0.0503. The first-order chi connectivity index (χ1) is 8.19. The number of nitrogens with two attached hydrogens (primary N) is 1. The predicted octanol–water partition coefficient (Wildman–Crippen LogP) is 2.47. The molecule has 0 amide bonds. The molecule has 0 radical (unpaired) electrons. The van der Waals surface area contributed by atoms with E-state index in [1.807, 2.05) is 6.07 Å². The number of nitrogen functional groups attached to an aromatic ring is 1. The van der Waals surface area contributed by atoms with Gasteiger partial charge in [-0.15, -0.1) is 0 Å². The largest absolute Gasteiger partial charge is 0.454 e. The maximum Gasteiger partial charge on any atom is 0.167 e. The van der Waals surface area contributed by atoms with E-state index in [1.165, 1.54) is 36.5 Å². The third-order valence-corrected chi connectivity index (χ3v) is 2.03. The Balaban J connectivity index is 2.28. The molecule has 1 aromatic carbocycles.